The van der Waals surface area contributed by atoms with Crippen molar-refractivity contribution in [2.75, 3.05) is 19.6 Å². The van der Waals surface area contributed by atoms with Gasteiger partial charge in [-0.1, -0.05) is 41.2 Å². The van der Waals surface area contributed by atoms with Gasteiger partial charge in [-0.15, -0.1) is 10.2 Å². The molecule has 4 rings (SSSR count). The van der Waals surface area contributed by atoms with Crippen LogP contribution in [0.4, 0.5) is 0 Å². The zero-order valence-electron chi connectivity index (χ0n) is 16.5. The number of hydrogen-bond acceptors (Lipinski definition) is 9. The molecule has 30 heavy (non-hydrogen) atoms. The lowest BCUT2D eigenvalue weighted by Gasteiger charge is -2.07. The van der Waals surface area contributed by atoms with Crippen LogP contribution in [-0.4, -0.2) is 38.7 Å². The summed E-state index contributed by atoms with van der Waals surface area (Å²) in [5, 5.41) is 13.0. The summed E-state index contributed by atoms with van der Waals surface area (Å²) in [7, 11) is 1.60. The van der Waals surface area contributed by atoms with Crippen molar-refractivity contribution < 1.29 is 14.0 Å². The minimum Gasteiger partial charge on any atom is -0.496 e. The summed E-state index contributed by atoms with van der Waals surface area (Å²) in [5.74, 6) is 9.40. The van der Waals surface area contributed by atoms with E-state index >= 15 is 0 Å². The molecule has 4 aromatic rings. The van der Waals surface area contributed by atoms with Crippen LogP contribution in [0.5, 0.6) is 11.5 Å². The molecule has 2 heterocycles. The maximum absolute atomic E-state index is 6.20. The van der Waals surface area contributed by atoms with Gasteiger partial charge in [-0.2, -0.15) is 4.98 Å². The van der Waals surface area contributed by atoms with E-state index in [0.717, 1.165) is 11.1 Å². The van der Waals surface area contributed by atoms with Crippen molar-refractivity contribution in [3.63, 3.8) is 0 Å². The van der Waals surface area contributed by atoms with E-state index < -0.39 is 0 Å². The summed E-state index contributed by atoms with van der Waals surface area (Å²) >= 11 is 1.35. The van der Waals surface area contributed by atoms with Crippen LogP contribution in [-0.2, 0) is 5.75 Å². The Hall–Kier alpha value is -3.53. The van der Waals surface area contributed by atoms with Crippen LogP contribution >= 0.6 is 11.8 Å². The lowest BCUT2D eigenvalue weighted by atomic mass is 10.2. The molecule has 0 fully saturated rings. The number of hydrogen-bond donors (Lipinski definition) is 1. The molecule has 0 atom stereocenters. The third-order valence-electron chi connectivity index (χ3n) is 4.23. The normalized spacial score (nSPS) is 10.9. The van der Waals surface area contributed by atoms with Crippen molar-refractivity contribution in [3.05, 3.63) is 54.4 Å². The van der Waals surface area contributed by atoms with Crippen molar-refractivity contribution in [1.29, 1.82) is 0 Å². The lowest BCUT2D eigenvalue weighted by Crippen LogP contribution is -2.12. The molecule has 0 saturated carbocycles. The van der Waals surface area contributed by atoms with E-state index in [1.165, 1.54) is 16.4 Å². The van der Waals surface area contributed by atoms with Crippen molar-refractivity contribution in [2.24, 2.45) is 0 Å². The molecular formula is C20H20N6O3S. The van der Waals surface area contributed by atoms with Crippen LogP contribution in [0.2, 0.25) is 0 Å². The van der Waals surface area contributed by atoms with Crippen LogP contribution in [0.3, 0.4) is 0 Å². The van der Waals surface area contributed by atoms with Gasteiger partial charge in [0.15, 0.2) is 5.82 Å². The van der Waals surface area contributed by atoms with E-state index in [9.17, 15) is 0 Å². The third kappa shape index (κ3) is 3.94. The molecule has 0 radical (unpaired) electrons. The number of ether oxygens (including phenoxy) is 2. The van der Waals surface area contributed by atoms with Gasteiger partial charge in [0.2, 0.25) is 16.9 Å². The third-order valence-corrected chi connectivity index (χ3v) is 5.16. The van der Waals surface area contributed by atoms with Gasteiger partial charge in [0, 0.05) is 0 Å². The summed E-state index contributed by atoms with van der Waals surface area (Å²) in [5.41, 5.74) is 1.54. The quantitative estimate of drug-likeness (QED) is 0.336. The molecule has 0 bridgehead atoms. The zero-order chi connectivity index (χ0) is 20.9. The summed E-state index contributed by atoms with van der Waals surface area (Å²) < 4.78 is 17.8. The van der Waals surface area contributed by atoms with E-state index in [-0.39, 0.29) is 0 Å². The number of methoxy groups -OCH3 is 1. The lowest BCUT2D eigenvalue weighted by molar-refractivity contribution is 0.341. The maximum atomic E-state index is 6.20. The van der Waals surface area contributed by atoms with Gasteiger partial charge < -0.3 is 19.8 Å². The molecule has 0 aliphatic rings. The van der Waals surface area contributed by atoms with E-state index in [1.807, 2.05) is 55.5 Å². The average Bonchev–Trinajstić information content (AvgIpc) is 3.39. The first-order valence-electron chi connectivity index (χ1n) is 9.22. The monoisotopic (exact) mass is 424 g/mol. The predicted molar refractivity (Wildman–Crippen MR) is 113 cm³/mol. The molecule has 0 aliphatic heterocycles. The highest BCUT2D eigenvalue weighted by Crippen LogP contribution is 2.31. The Morgan fingerprint density at radius 3 is 2.53 bits per heavy atom. The Labute approximate surface area is 177 Å². The van der Waals surface area contributed by atoms with Gasteiger partial charge in [-0.3, -0.25) is 0 Å². The molecule has 2 aromatic carbocycles. The van der Waals surface area contributed by atoms with Crippen LogP contribution in [0.1, 0.15) is 12.8 Å². The number of benzene rings is 2. The SMILES string of the molecule is CCOc1ccccc1-c1noc(CSc2nnc(-c3ccccc3OC)n2N)n1. The number of nitrogen functional groups attached to an aromatic ring is 1. The summed E-state index contributed by atoms with van der Waals surface area (Å²) in [6.07, 6.45) is 0. The van der Waals surface area contributed by atoms with E-state index in [1.54, 1.807) is 7.11 Å². The number of nitrogens with two attached hydrogens (primary N) is 1. The van der Waals surface area contributed by atoms with E-state index in [0.29, 0.717) is 46.6 Å². The minimum atomic E-state index is 0.394. The zero-order valence-corrected chi connectivity index (χ0v) is 17.3. The first-order chi connectivity index (χ1) is 14.7. The second-order valence-corrected chi connectivity index (χ2v) is 7.05. The molecule has 0 spiro atoms. The number of thioether (sulfide) groups is 1. The highest BCUT2D eigenvalue weighted by molar-refractivity contribution is 7.98. The second-order valence-electron chi connectivity index (χ2n) is 6.11. The number of rotatable bonds is 8. The Balaban J connectivity index is 1.50. The Morgan fingerprint density at radius 1 is 1.03 bits per heavy atom. The van der Waals surface area contributed by atoms with Crippen molar-refractivity contribution in [1.82, 2.24) is 25.0 Å². The van der Waals surface area contributed by atoms with Crippen molar-refractivity contribution in [2.45, 2.75) is 17.8 Å². The van der Waals surface area contributed by atoms with Gasteiger partial charge in [-0.05, 0) is 31.2 Å². The number of nitrogens with zero attached hydrogens (tertiary/aromatic N) is 5. The highest BCUT2D eigenvalue weighted by atomic mass is 32.2. The van der Waals surface area contributed by atoms with E-state index in [2.05, 4.69) is 20.3 Å². The standard InChI is InChI=1S/C20H20N6O3S/c1-3-28-16-11-7-4-8-13(16)18-22-17(29-25-18)12-30-20-24-23-19(26(20)21)14-9-5-6-10-15(14)27-2/h4-11H,3,12,21H2,1-2H3. The maximum Gasteiger partial charge on any atom is 0.237 e. The van der Waals surface area contributed by atoms with Gasteiger partial charge >= 0.3 is 0 Å². The molecular weight excluding hydrogens is 404 g/mol. The first-order valence-corrected chi connectivity index (χ1v) is 10.2. The van der Waals surface area contributed by atoms with Crippen LogP contribution in [0.15, 0.2) is 58.2 Å². The predicted octanol–water partition coefficient (Wildman–Crippen LogP) is 3.41. The van der Waals surface area contributed by atoms with Gasteiger partial charge in [0.1, 0.15) is 11.5 Å². The average molecular weight is 424 g/mol. The molecule has 154 valence electrons. The molecule has 9 nitrogen and oxygen atoms in total. The summed E-state index contributed by atoms with van der Waals surface area (Å²) in [4.78, 5) is 4.46. The molecule has 0 saturated heterocycles. The topological polar surface area (TPSA) is 114 Å². The Kier molecular flexibility index (Phi) is 5.84. The minimum absolute atomic E-state index is 0.394. The Bertz CT molecular complexity index is 1140. The largest absolute Gasteiger partial charge is 0.496 e. The molecule has 2 aromatic heterocycles. The molecule has 0 amide bonds. The number of aromatic nitrogens is 5. The fourth-order valence-electron chi connectivity index (χ4n) is 2.87. The summed E-state index contributed by atoms with van der Waals surface area (Å²) in [6, 6.07) is 15.1. The highest BCUT2D eigenvalue weighted by Gasteiger charge is 2.18. The summed E-state index contributed by atoms with van der Waals surface area (Å²) in [6.45, 7) is 2.48. The molecule has 10 heteroatoms. The molecule has 0 unspecified atom stereocenters. The first kappa shape index (κ1) is 19.8. The van der Waals surface area contributed by atoms with Crippen molar-refractivity contribution >= 4 is 11.8 Å². The molecule has 2 N–H and O–H groups in total. The molecule has 0 aliphatic carbocycles. The fourth-order valence-corrected chi connectivity index (χ4v) is 3.56. The van der Waals surface area contributed by atoms with Gasteiger partial charge in [0.05, 0.1) is 30.6 Å². The van der Waals surface area contributed by atoms with Gasteiger partial charge in [-0.25, -0.2) is 4.68 Å². The van der Waals surface area contributed by atoms with Crippen LogP contribution < -0.4 is 15.3 Å². The number of para-hydroxylation sites is 2. The van der Waals surface area contributed by atoms with Crippen LogP contribution in [0.25, 0.3) is 22.8 Å². The smallest absolute Gasteiger partial charge is 0.237 e. The Morgan fingerprint density at radius 2 is 1.77 bits per heavy atom. The van der Waals surface area contributed by atoms with Crippen LogP contribution in [0, 0.1) is 0 Å². The van der Waals surface area contributed by atoms with E-state index in [4.69, 9.17) is 19.8 Å². The van der Waals surface area contributed by atoms with Gasteiger partial charge in [0.25, 0.3) is 0 Å². The van der Waals surface area contributed by atoms with Crippen molar-refractivity contribution in [3.8, 4) is 34.3 Å². The second kappa shape index (κ2) is 8.87. The fraction of sp³-hybridized carbons (Fsp3) is 0.200.